The fourth-order valence-electron chi connectivity index (χ4n) is 5.07. The van der Waals surface area contributed by atoms with E-state index in [9.17, 15) is 4.79 Å². The fourth-order valence-corrected chi connectivity index (χ4v) is 6.38. The van der Waals surface area contributed by atoms with Gasteiger partial charge in [0.1, 0.15) is 6.61 Å². The lowest BCUT2D eigenvalue weighted by Gasteiger charge is -2.58. The highest BCUT2D eigenvalue weighted by Gasteiger charge is 2.60. The molecule has 0 amide bonds. The summed E-state index contributed by atoms with van der Waals surface area (Å²) in [5.41, 5.74) is -0.275. The number of thiophene rings is 1. The van der Waals surface area contributed by atoms with E-state index in [1.165, 1.54) is 6.42 Å². The zero-order valence-corrected chi connectivity index (χ0v) is 13.0. The van der Waals surface area contributed by atoms with Crippen molar-refractivity contribution in [1.29, 1.82) is 0 Å². The smallest absolute Gasteiger partial charge is 0.312 e. The quantitative estimate of drug-likeness (QED) is 0.612. The van der Waals surface area contributed by atoms with Crippen LogP contribution in [-0.2, 0) is 16.1 Å². The summed E-state index contributed by atoms with van der Waals surface area (Å²) in [6, 6.07) is 4.01. The van der Waals surface area contributed by atoms with Crippen LogP contribution in [0.4, 0.5) is 0 Å². The van der Waals surface area contributed by atoms with E-state index >= 15 is 0 Å². The first-order valence-corrected chi connectivity index (χ1v) is 8.71. The van der Waals surface area contributed by atoms with Crippen LogP contribution in [0.5, 0.6) is 0 Å². The van der Waals surface area contributed by atoms with Gasteiger partial charge in [-0.25, -0.2) is 0 Å². The zero-order chi connectivity index (χ0) is 13.8. The second kappa shape index (κ2) is 4.48. The maximum Gasteiger partial charge on any atom is 0.312 e. The largest absolute Gasteiger partial charge is 0.460 e. The molecule has 4 bridgehead atoms. The zero-order valence-electron chi connectivity index (χ0n) is 11.4. The van der Waals surface area contributed by atoms with E-state index in [4.69, 9.17) is 16.3 Å². The summed E-state index contributed by atoms with van der Waals surface area (Å²) >= 11 is 8.40. The molecule has 1 aromatic rings. The molecule has 2 atom stereocenters. The molecule has 108 valence electrons. The molecule has 4 heteroatoms. The van der Waals surface area contributed by atoms with Crippen LogP contribution in [0, 0.1) is 17.3 Å². The van der Waals surface area contributed by atoms with Gasteiger partial charge in [0.25, 0.3) is 0 Å². The van der Waals surface area contributed by atoms with Gasteiger partial charge in [0.15, 0.2) is 0 Å². The highest BCUT2D eigenvalue weighted by molar-refractivity contribution is 7.09. The Morgan fingerprint density at radius 2 is 2.10 bits per heavy atom. The van der Waals surface area contributed by atoms with Crippen LogP contribution in [0.3, 0.4) is 0 Å². The van der Waals surface area contributed by atoms with Gasteiger partial charge in [0, 0.05) is 9.75 Å². The van der Waals surface area contributed by atoms with Crippen LogP contribution < -0.4 is 0 Å². The second-order valence-corrected chi connectivity index (χ2v) is 8.88. The maximum absolute atomic E-state index is 12.7. The Kier molecular flexibility index (Phi) is 2.94. The molecular weight excluding hydrogens is 292 g/mol. The van der Waals surface area contributed by atoms with E-state index in [2.05, 4.69) is 0 Å². The van der Waals surface area contributed by atoms with Gasteiger partial charge in [-0.15, -0.1) is 22.9 Å². The van der Waals surface area contributed by atoms with E-state index in [1.54, 1.807) is 11.3 Å². The van der Waals surface area contributed by atoms with Crippen LogP contribution in [0.2, 0.25) is 0 Å². The van der Waals surface area contributed by atoms with Crippen molar-refractivity contribution in [3.8, 4) is 0 Å². The number of halogens is 1. The molecule has 4 saturated carbocycles. The lowest BCUT2D eigenvalue weighted by molar-refractivity contribution is -0.171. The Balaban J connectivity index is 1.51. The topological polar surface area (TPSA) is 26.3 Å². The van der Waals surface area contributed by atoms with Gasteiger partial charge in [-0.1, -0.05) is 6.07 Å². The molecule has 4 aliphatic rings. The van der Waals surface area contributed by atoms with Crippen molar-refractivity contribution in [3.05, 3.63) is 22.4 Å². The first-order valence-electron chi connectivity index (χ1n) is 7.46. The van der Waals surface area contributed by atoms with E-state index in [0.717, 1.165) is 37.0 Å². The SMILES string of the molecule is O=C(OCc1cccs1)C12CC3CC(CC(Cl)(C3)C1)C2. The van der Waals surface area contributed by atoms with Gasteiger partial charge in [-0.2, -0.15) is 0 Å². The molecule has 2 unspecified atom stereocenters. The van der Waals surface area contributed by atoms with Gasteiger partial charge < -0.3 is 4.74 Å². The minimum atomic E-state index is -0.275. The summed E-state index contributed by atoms with van der Waals surface area (Å²) in [5, 5.41) is 2.02. The third kappa shape index (κ3) is 2.10. The maximum atomic E-state index is 12.7. The molecule has 4 aliphatic carbocycles. The lowest BCUT2D eigenvalue weighted by atomic mass is 9.49. The number of esters is 1. The first-order chi connectivity index (χ1) is 9.57. The molecule has 4 fully saturated rings. The molecular formula is C16H19ClO2S. The predicted octanol–water partition coefficient (Wildman–Crippen LogP) is 4.37. The number of ether oxygens (including phenoxy) is 1. The standard InChI is InChI=1S/C16H19ClO2S/c17-16-7-11-4-12(8-16)6-15(5-11,10-16)14(18)19-9-13-2-1-3-20-13/h1-3,11-12H,4-10H2. The van der Waals surface area contributed by atoms with Crippen molar-refractivity contribution in [2.45, 2.75) is 50.0 Å². The van der Waals surface area contributed by atoms with E-state index in [0.29, 0.717) is 18.4 Å². The molecule has 0 aliphatic heterocycles. The van der Waals surface area contributed by atoms with Crippen LogP contribution in [0.25, 0.3) is 0 Å². The molecule has 0 aromatic carbocycles. The third-order valence-corrected chi connectivity index (χ3v) is 6.64. The lowest BCUT2D eigenvalue weighted by Crippen LogP contribution is -2.56. The van der Waals surface area contributed by atoms with Gasteiger partial charge in [-0.3, -0.25) is 4.79 Å². The average molecular weight is 311 g/mol. The number of alkyl halides is 1. The summed E-state index contributed by atoms with van der Waals surface area (Å²) in [7, 11) is 0. The number of carbonyl (C=O) groups is 1. The minimum absolute atomic E-state index is 0.00465. The van der Waals surface area contributed by atoms with Crippen molar-refractivity contribution in [1.82, 2.24) is 0 Å². The highest BCUT2D eigenvalue weighted by atomic mass is 35.5. The van der Waals surface area contributed by atoms with Crippen molar-refractivity contribution < 1.29 is 9.53 Å². The Hall–Kier alpha value is -0.540. The summed E-state index contributed by atoms with van der Waals surface area (Å²) in [5.74, 6) is 1.29. The molecule has 20 heavy (non-hydrogen) atoms. The van der Waals surface area contributed by atoms with Crippen molar-refractivity contribution in [2.24, 2.45) is 17.3 Å². The summed E-state index contributed by atoms with van der Waals surface area (Å²) in [4.78, 5) is 13.7. The van der Waals surface area contributed by atoms with Gasteiger partial charge >= 0.3 is 5.97 Å². The molecule has 1 heterocycles. The Morgan fingerprint density at radius 3 is 2.70 bits per heavy atom. The Bertz CT molecular complexity index is 511. The monoisotopic (exact) mass is 310 g/mol. The van der Waals surface area contributed by atoms with E-state index in [1.807, 2.05) is 17.5 Å². The molecule has 0 saturated heterocycles. The molecule has 2 nitrogen and oxygen atoms in total. The molecule has 0 spiro atoms. The normalized spacial score (nSPS) is 41.9. The molecule has 0 N–H and O–H groups in total. The number of rotatable bonds is 3. The third-order valence-electron chi connectivity index (χ3n) is 5.35. The number of carbonyl (C=O) groups excluding carboxylic acids is 1. The average Bonchev–Trinajstić information content (AvgIpc) is 2.85. The van der Waals surface area contributed by atoms with Crippen molar-refractivity contribution in [3.63, 3.8) is 0 Å². The van der Waals surface area contributed by atoms with Crippen LogP contribution in [0.1, 0.15) is 43.4 Å². The minimum Gasteiger partial charge on any atom is -0.460 e. The fraction of sp³-hybridized carbons (Fsp3) is 0.688. The van der Waals surface area contributed by atoms with Gasteiger partial charge in [0.2, 0.25) is 0 Å². The predicted molar refractivity (Wildman–Crippen MR) is 79.8 cm³/mol. The Labute approximate surface area is 128 Å². The molecule has 1 aromatic heterocycles. The van der Waals surface area contributed by atoms with Crippen molar-refractivity contribution >= 4 is 28.9 Å². The first kappa shape index (κ1) is 13.1. The second-order valence-electron chi connectivity index (χ2n) is 7.05. The molecule has 5 rings (SSSR count). The van der Waals surface area contributed by atoms with Crippen LogP contribution in [0.15, 0.2) is 17.5 Å². The van der Waals surface area contributed by atoms with E-state index in [-0.39, 0.29) is 16.3 Å². The van der Waals surface area contributed by atoms with Gasteiger partial charge in [-0.05, 0) is 61.8 Å². The van der Waals surface area contributed by atoms with Crippen LogP contribution >= 0.6 is 22.9 Å². The summed E-state index contributed by atoms with van der Waals surface area (Å²) < 4.78 is 5.63. The summed E-state index contributed by atoms with van der Waals surface area (Å²) in [6.45, 7) is 0.420. The highest BCUT2D eigenvalue weighted by Crippen LogP contribution is 2.64. The number of hydrogen-bond acceptors (Lipinski definition) is 3. The van der Waals surface area contributed by atoms with E-state index < -0.39 is 0 Å². The van der Waals surface area contributed by atoms with Gasteiger partial charge in [0.05, 0.1) is 5.41 Å². The van der Waals surface area contributed by atoms with Crippen molar-refractivity contribution in [2.75, 3.05) is 0 Å². The molecule has 0 radical (unpaired) electrons. The Morgan fingerprint density at radius 1 is 1.35 bits per heavy atom. The summed E-state index contributed by atoms with van der Waals surface area (Å²) in [6.07, 6.45) is 6.31. The number of hydrogen-bond donors (Lipinski definition) is 0. The van der Waals surface area contributed by atoms with Crippen LogP contribution in [-0.4, -0.2) is 10.8 Å².